The molecule has 2 aromatic heterocycles. The lowest BCUT2D eigenvalue weighted by molar-refractivity contribution is -0.0760. The number of carbonyl (C=O) groups excluding carboxylic acids is 1. The molecular weight excluding hydrogens is 330 g/mol. The Hall–Kier alpha value is -2.28. The molecule has 138 valence electrons. The maximum absolute atomic E-state index is 12.5. The average Bonchev–Trinajstić information content (AvgIpc) is 3.11. The van der Waals surface area contributed by atoms with E-state index in [4.69, 9.17) is 4.74 Å². The van der Waals surface area contributed by atoms with Gasteiger partial charge in [-0.1, -0.05) is 0 Å². The van der Waals surface area contributed by atoms with Gasteiger partial charge in [0.05, 0.1) is 0 Å². The zero-order chi connectivity index (χ0) is 18.0. The van der Waals surface area contributed by atoms with Crippen molar-refractivity contribution in [1.82, 2.24) is 25.5 Å². The number of aromatic nitrogens is 4. The number of aryl methyl sites for hydroxylation is 1. The second-order valence-electron chi connectivity index (χ2n) is 7.37. The summed E-state index contributed by atoms with van der Waals surface area (Å²) in [6, 6.07) is 0. The van der Waals surface area contributed by atoms with Crippen molar-refractivity contribution in [3.8, 4) is 0 Å². The van der Waals surface area contributed by atoms with Crippen LogP contribution in [0.3, 0.4) is 0 Å². The molecule has 0 spiro atoms. The third kappa shape index (κ3) is 3.35. The lowest BCUT2D eigenvalue weighted by atomic mass is 9.95. The van der Waals surface area contributed by atoms with Gasteiger partial charge in [-0.25, -0.2) is 9.97 Å². The molecule has 26 heavy (non-hydrogen) atoms. The van der Waals surface area contributed by atoms with Gasteiger partial charge in [0.15, 0.2) is 11.5 Å². The number of hydrogen-bond acceptors (Lipinski definition) is 5. The van der Waals surface area contributed by atoms with Gasteiger partial charge >= 0.3 is 0 Å². The summed E-state index contributed by atoms with van der Waals surface area (Å²) in [5.41, 5.74) is 3.18. The Morgan fingerprint density at radius 3 is 2.81 bits per heavy atom. The highest BCUT2D eigenvalue weighted by Gasteiger charge is 2.32. The summed E-state index contributed by atoms with van der Waals surface area (Å²) in [6.07, 6.45) is 10.9. The fourth-order valence-electron chi connectivity index (χ4n) is 3.76. The Morgan fingerprint density at radius 2 is 2.04 bits per heavy atom. The van der Waals surface area contributed by atoms with Crippen molar-refractivity contribution in [3.05, 3.63) is 40.7 Å². The number of ether oxygens (including phenoxy) is 1. The van der Waals surface area contributed by atoms with Gasteiger partial charge in [0.1, 0.15) is 5.60 Å². The van der Waals surface area contributed by atoms with Crippen LogP contribution < -0.4 is 5.32 Å². The number of nitrogens with zero attached hydrogens (tertiary/aromatic N) is 3. The summed E-state index contributed by atoms with van der Waals surface area (Å²) in [4.78, 5) is 21.4. The van der Waals surface area contributed by atoms with Crippen molar-refractivity contribution in [2.24, 2.45) is 0 Å². The van der Waals surface area contributed by atoms with E-state index in [2.05, 4.69) is 25.5 Å². The zero-order valence-electron chi connectivity index (χ0n) is 15.2. The standard InChI is InChI=1S/C19H25N5O2/c1-19(8-4-5-9-26-19)18-21-11-13(12-22-18)10-20-17(25)16-14-6-2-3-7-15(14)23-24-16/h11-12H,2-10H2,1H3,(H,20,25)(H,23,24). The van der Waals surface area contributed by atoms with E-state index >= 15 is 0 Å². The molecule has 1 fully saturated rings. The van der Waals surface area contributed by atoms with Gasteiger partial charge < -0.3 is 10.1 Å². The first kappa shape index (κ1) is 17.1. The van der Waals surface area contributed by atoms with Gasteiger partial charge in [0, 0.05) is 42.4 Å². The predicted octanol–water partition coefficient (Wildman–Crippen LogP) is 2.42. The fraction of sp³-hybridized carbons (Fsp3) is 0.579. The Morgan fingerprint density at radius 1 is 1.23 bits per heavy atom. The number of fused-ring (bicyclic) bond motifs is 1. The molecule has 1 aliphatic heterocycles. The fourth-order valence-corrected chi connectivity index (χ4v) is 3.76. The van der Waals surface area contributed by atoms with Gasteiger partial charge in [-0.15, -0.1) is 0 Å². The highest BCUT2D eigenvalue weighted by Crippen LogP contribution is 2.32. The molecule has 1 amide bonds. The van der Waals surface area contributed by atoms with Crippen LogP contribution in [0, 0.1) is 0 Å². The summed E-state index contributed by atoms with van der Waals surface area (Å²) in [5.74, 6) is 0.574. The van der Waals surface area contributed by atoms with Gasteiger partial charge in [0.2, 0.25) is 0 Å². The van der Waals surface area contributed by atoms with Gasteiger partial charge in [0.25, 0.3) is 5.91 Å². The van der Waals surface area contributed by atoms with E-state index in [1.165, 1.54) is 0 Å². The Labute approximate surface area is 153 Å². The number of H-pyrrole nitrogens is 1. The number of nitrogens with one attached hydrogen (secondary N) is 2. The minimum absolute atomic E-state index is 0.143. The van der Waals surface area contributed by atoms with Crippen LogP contribution in [0.25, 0.3) is 0 Å². The van der Waals surface area contributed by atoms with Gasteiger partial charge in [-0.3, -0.25) is 9.89 Å². The lowest BCUT2D eigenvalue weighted by Crippen LogP contribution is -2.32. The molecule has 0 saturated carbocycles. The minimum Gasteiger partial charge on any atom is -0.367 e. The highest BCUT2D eigenvalue weighted by molar-refractivity contribution is 5.94. The Balaban J connectivity index is 1.39. The second kappa shape index (κ2) is 7.15. The van der Waals surface area contributed by atoms with Crippen molar-refractivity contribution in [3.63, 3.8) is 0 Å². The smallest absolute Gasteiger partial charge is 0.272 e. The quantitative estimate of drug-likeness (QED) is 0.879. The summed E-state index contributed by atoms with van der Waals surface area (Å²) in [5, 5.41) is 10.1. The lowest BCUT2D eigenvalue weighted by Gasteiger charge is -2.32. The van der Waals surface area contributed by atoms with Crippen molar-refractivity contribution < 1.29 is 9.53 Å². The van der Waals surface area contributed by atoms with Crippen LogP contribution in [0.15, 0.2) is 12.4 Å². The van der Waals surface area contributed by atoms with Crippen molar-refractivity contribution >= 4 is 5.91 Å². The molecule has 1 aliphatic carbocycles. The molecule has 0 radical (unpaired) electrons. The van der Waals surface area contributed by atoms with Crippen LogP contribution in [0.2, 0.25) is 0 Å². The van der Waals surface area contributed by atoms with Crippen molar-refractivity contribution in [2.45, 2.75) is 64.0 Å². The van der Waals surface area contributed by atoms with E-state index in [0.717, 1.165) is 68.4 Å². The number of amides is 1. The first-order chi connectivity index (χ1) is 12.7. The molecule has 7 heteroatoms. The summed E-state index contributed by atoms with van der Waals surface area (Å²) in [6.45, 7) is 3.19. The first-order valence-electron chi connectivity index (χ1n) is 9.45. The predicted molar refractivity (Wildman–Crippen MR) is 95.6 cm³/mol. The summed E-state index contributed by atoms with van der Waals surface area (Å²) in [7, 11) is 0. The summed E-state index contributed by atoms with van der Waals surface area (Å²) < 4.78 is 5.88. The Kier molecular flexibility index (Phi) is 4.72. The SMILES string of the molecule is CC1(c2ncc(CNC(=O)c3n[nH]c4c3CCCC4)cn2)CCCCO1. The summed E-state index contributed by atoms with van der Waals surface area (Å²) >= 11 is 0. The normalized spacial score (nSPS) is 22.7. The average molecular weight is 355 g/mol. The van der Waals surface area contributed by atoms with E-state index in [9.17, 15) is 4.79 Å². The number of aromatic amines is 1. The highest BCUT2D eigenvalue weighted by atomic mass is 16.5. The third-order valence-corrected chi connectivity index (χ3v) is 5.37. The van der Waals surface area contributed by atoms with Crippen LogP contribution in [0.5, 0.6) is 0 Å². The minimum atomic E-state index is -0.395. The first-order valence-corrected chi connectivity index (χ1v) is 9.45. The van der Waals surface area contributed by atoms with Crippen LogP contribution in [0.1, 0.15) is 72.2 Å². The molecule has 0 bridgehead atoms. The molecule has 2 aromatic rings. The van der Waals surface area contributed by atoms with Crippen LogP contribution >= 0.6 is 0 Å². The molecule has 1 atom stereocenters. The number of carbonyl (C=O) groups is 1. The third-order valence-electron chi connectivity index (χ3n) is 5.37. The van der Waals surface area contributed by atoms with Crippen LogP contribution in [-0.2, 0) is 29.7 Å². The molecule has 7 nitrogen and oxygen atoms in total. The monoisotopic (exact) mass is 355 g/mol. The van der Waals surface area contributed by atoms with Gasteiger partial charge in [-0.05, 0) is 51.9 Å². The van der Waals surface area contributed by atoms with Crippen molar-refractivity contribution in [1.29, 1.82) is 0 Å². The number of hydrogen-bond donors (Lipinski definition) is 2. The van der Waals surface area contributed by atoms with E-state index in [-0.39, 0.29) is 5.91 Å². The largest absolute Gasteiger partial charge is 0.367 e. The molecule has 4 rings (SSSR count). The molecule has 1 unspecified atom stereocenters. The zero-order valence-corrected chi connectivity index (χ0v) is 15.2. The molecule has 2 N–H and O–H groups in total. The van der Waals surface area contributed by atoms with Crippen LogP contribution in [-0.4, -0.2) is 32.7 Å². The molecule has 2 aliphatic rings. The van der Waals surface area contributed by atoms with Crippen molar-refractivity contribution in [2.75, 3.05) is 6.61 Å². The van der Waals surface area contributed by atoms with E-state index in [1.807, 2.05) is 6.92 Å². The topological polar surface area (TPSA) is 92.8 Å². The van der Waals surface area contributed by atoms with Gasteiger partial charge in [-0.2, -0.15) is 5.10 Å². The van der Waals surface area contributed by atoms with E-state index in [0.29, 0.717) is 18.1 Å². The number of rotatable bonds is 4. The Bertz CT molecular complexity index is 778. The second-order valence-corrected chi connectivity index (χ2v) is 7.37. The maximum Gasteiger partial charge on any atom is 0.272 e. The molecular formula is C19H25N5O2. The molecule has 1 saturated heterocycles. The van der Waals surface area contributed by atoms with E-state index in [1.54, 1.807) is 12.4 Å². The molecule has 3 heterocycles. The molecule has 0 aromatic carbocycles. The van der Waals surface area contributed by atoms with Crippen LogP contribution in [0.4, 0.5) is 0 Å². The maximum atomic E-state index is 12.5. The van der Waals surface area contributed by atoms with E-state index < -0.39 is 5.60 Å².